The van der Waals surface area contributed by atoms with Crippen LogP contribution < -0.4 is 16.9 Å². The van der Waals surface area contributed by atoms with Crippen LogP contribution in [0.4, 0.5) is 4.79 Å². The van der Waals surface area contributed by atoms with E-state index in [1.165, 1.54) is 5.01 Å². The average Bonchev–Trinajstić information content (AvgIpc) is 2.58. The van der Waals surface area contributed by atoms with Gasteiger partial charge >= 0.3 is 6.09 Å². The molecule has 0 radical (unpaired) electrons. The summed E-state index contributed by atoms with van der Waals surface area (Å²) in [5.41, 5.74) is 8.07. The minimum absolute atomic E-state index is 0.159. The van der Waals surface area contributed by atoms with Gasteiger partial charge in [-0.25, -0.2) is 10.6 Å². The summed E-state index contributed by atoms with van der Waals surface area (Å²) in [6, 6.07) is 16.7. The van der Waals surface area contributed by atoms with E-state index in [-0.39, 0.29) is 12.4 Å². The van der Waals surface area contributed by atoms with E-state index in [1.807, 2.05) is 54.6 Å². The van der Waals surface area contributed by atoms with Crippen LogP contribution in [0.2, 0.25) is 0 Å². The Morgan fingerprint density at radius 3 is 2.38 bits per heavy atom. The normalized spacial score (nSPS) is 11.5. The van der Waals surface area contributed by atoms with E-state index < -0.39 is 6.09 Å². The molecule has 2 aromatic carbocycles. The van der Waals surface area contributed by atoms with E-state index in [1.54, 1.807) is 7.05 Å². The molecule has 5 N–H and O–H groups in total. The zero-order valence-electron chi connectivity index (χ0n) is 13.2. The van der Waals surface area contributed by atoms with E-state index in [4.69, 9.17) is 16.3 Å². The van der Waals surface area contributed by atoms with E-state index >= 15 is 0 Å². The lowest BCUT2D eigenvalue weighted by Gasteiger charge is -2.20. The van der Waals surface area contributed by atoms with Crippen molar-refractivity contribution in [2.24, 2.45) is 11.6 Å². The molecule has 0 heterocycles. The molecule has 0 aliphatic carbocycles. The van der Waals surface area contributed by atoms with Crippen molar-refractivity contribution >= 4 is 27.7 Å². The van der Waals surface area contributed by atoms with Gasteiger partial charge in [0, 0.05) is 17.1 Å². The lowest BCUT2D eigenvalue weighted by atomic mass is 10.1. The van der Waals surface area contributed by atoms with Gasteiger partial charge in [-0.2, -0.15) is 0 Å². The quantitative estimate of drug-likeness (QED) is 0.538. The Morgan fingerprint density at radius 2 is 1.79 bits per heavy atom. The summed E-state index contributed by atoms with van der Waals surface area (Å²) in [6.45, 7) is 0.159. The first kappa shape index (κ1) is 17.8. The number of hydrazine groups is 1. The average molecular weight is 391 g/mol. The van der Waals surface area contributed by atoms with Crippen molar-refractivity contribution in [3.05, 3.63) is 76.0 Å². The molecular weight excluding hydrogens is 372 g/mol. The van der Waals surface area contributed by atoms with Crippen molar-refractivity contribution < 1.29 is 9.53 Å². The van der Waals surface area contributed by atoms with Crippen molar-refractivity contribution in [2.75, 3.05) is 7.05 Å². The number of nitrogens with two attached hydrogens (primary N) is 2. The molecule has 0 bridgehead atoms. The molecule has 0 saturated heterocycles. The lowest BCUT2D eigenvalue weighted by Crippen LogP contribution is -2.39. The van der Waals surface area contributed by atoms with Crippen LogP contribution in [0.1, 0.15) is 11.1 Å². The molecule has 2 rings (SSSR count). The monoisotopic (exact) mass is 390 g/mol. The third-order valence-corrected chi connectivity index (χ3v) is 3.72. The summed E-state index contributed by atoms with van der Waals surface area (Å²) in [6.07, 6.45) is -0.633. The largest absolute Gasteiger partial charge is 0.444 e. The number of nitrogens with one attached hydrogen (secondary N) is 1. The fraction of sp³-hybridized carbons (Fsp3) is 0.118. The standard InChI is InChI=1S/C17H19BrN4O2/c1-22(20)16(15(19)13-7-9-14(18)10-8-13)21-17(23)24-11-12-5-3-2-4-6-12/h2-10H,11,19-20H2,1H3,(H,21,23)/b16-15-. The maximum absolute atomic E-state index is 12.0. The molecule has 1 amide bonds. The fourth-order valence-electron chi connectivity index (χ4n) is 1.97. The number of nitrogens with zero attached hydrogens (tertiary/aromatic N) is 1. The smallest absolute Gasteiger partial charge is 0.413 e. The predicted octanol–water partition coefficient (Wildman–Crippen LogP) is 2.77. The SMILES string of the molecule is CN(N)/C(NC(=O)OCc1ccccc1)=C(\N)c1ccc(Br)cc1. The van der Waals surface area contributed by atoms with Gasteiger partial charge < -0.3 is 10.5 Å². The molecule has 0 aliphatic heterocycles. The molecule has 0 spiro atoms. The van der Waals surface area contributed by atoms with Crippen LogP contribution >= 0.6 is 15.9 Å². The van der Waals surface area contributed by atoms with Crippen LogP contribution in [0.5, 0.6) is 0 Å². The van der Waals surface area contributed by atoms with Crippen molar-refractivity contribution in [3.8, 4) is 0 Å². The Hall–Kier alpha value is -2.51. The molecule has 0 unspecified atom stereocenters. The number of benzene rings is 2. The van der Waals surface area contributed by atoms with Crippen LogP contribution in [0, 0.1) is 0 Å². The van der Waals surface area contributed by atoms with Gasteiger partial charge in [-0.05, 0) is 17.7 Å². The zero-order chi connectivity index (χ0) is 17.5. The van der Waals surface area contributed by atoms with E-state index in [0.29, 0.717) is 5.70 Å². The summed E-state index contributed by atoms with van der Waals surface area (Å²) in [5.74, 6) is 6.04. The molecule has 24 heavy (non-hydrogen) atoms. The number of rotatable bonds is 5. The highest BCUT2D eigenvalue weighted by molar-refractivity contribution is 9.10. The van der Waals surface area contributed by atoms with Gasteiger partial charge in [0.05, 0.1) is 5.70 Å². The number of carbonyl (C=O) groups excluding carboxylic acids is 1. The van der Waals surface area contributed by atoms with Crippen LogP contribution in [0.3, 0.4) is 0 Å². The van der Waals surface area contributed by atoms with Crippen LogP contribution in [0.15, 0.2) is 64.9 Å². The molecule has 2 aromatic rings. The van der Waals surface area contributed by atoms with Gasteiger partial charge in [0.15, 0.2) is 0 Å². The second-order valence-corrected chi connectivity index (χ2v) is 5.98. The van der Waals surface area contributed by atoms with Crippen molar-refractivity contribution in [1.29, 1.82) is 0 Å². The number of halogens is 1. The Labute approximate surface area is 149 Å². The first-order chi connectivity index (χ1) is 11.5. The summed E-state index contributed by atoms with van der Waals surface area (Å²) < 4.78 is 6.11. The first-order valence-corrected chi connectivity index (χ1v) is 7.98. The van der Waals surface area contributed by atoms with Gasteiger partial charge in [-0.3, -0.25) is 10.3 Å². The van der Waals surface area contributed by atoms with Crippen LogP contribution in [-0.4, -0.2) is 18.1 Å². The Balaban J connectivity index is 2.08. The molecule has 7 heteroatoms. The van der Waals surface area contributed by atoms with Crippen molar-refractivity contribution in [2.45, 2.75) is 6.61 Å². The molecule has 0 aromatic heterocycles. The Bertz CT molecular complexity index is 715. The van der Waals surface area contributed by atoms with Crippen LogP contribution in [0.25, 0.3) is 5.70 Å². The number of alkyl carbamates (subject to hydrolysis) is 1. The Morgan fingerprint density at radius 1 is 1.17 bits per heavy atom. The molecule has 0 atom stereocenters. The third kappa shape index (κ3) is 5.00. The van der Waals surface area contributed by atoms with E-state index in [0.717, 1.165) is 15.6 Å². The van der Waals surface area contributed by atoms with Gasteiger partial charge in [0.1, 0.15) is 12.4 Å². The van der Waals surface area contributed by atoms with Crippen molar-refractivity contribution in [3.63, 3.8) is 0 Å². The van der Waals surface area contributed by atoms with Crippen LogP contribution in [-0.2, 0) is 11.3 Å². The van der Waals surface area contributed by atoms with Gasteiger partial charge in [-0.1, -0.05) is 58.4 Å². The topological polar surface area (TPSA) is 93.6 Å². The molecule has 126 valence electrons. The highest BCUT2D eigenvalue weighted by atomic mass is 79.9. The molecule has 0 fully saturated rings. The third-order valence-electron chi connectivity index (χ3n) is 3.20. The van der Waals surface area contributed by atoms with Gasteiger partial charge in [0.2, 0.25) is 0 Å². The summed E-state index contributed by atoms with van der Waals surface area (Å²) in [5, 5.41) is 3.82. The van der Waals surface area contributed by atoms with E-state index in [9.17, 15) is 4.79 Å². The zero-order valence-corrected chi connectivity index (χ0v) is 14.8. The predicted molar refractivity (Wildman–Crippen MR) is 97.0 cm³/mol. The minimum Gasteiger partial charge on any atom is -0.444 e. The number of hydrogen-bond acceptors (Lipinski definition) is 5. The highest BCUT2D eigenvalue weighted by Crippen LogP contribution is 2.17. The van der Waals surface area contributed by atoms with Gasteiger partial charge in [0.25, 0.3) is 0 Å². The number of hydrogen-bond donors (Lipinski definition) is 3. The molecule has 6 nitrogen and oxygen atoms in total. The lowest BCUT2D eigenvalue weighted by molar-refractivity contribution is 0.139. The van der Waals surface area contributed by atoms with Crippen molar-refractivity contribution in [1.82, 2.24) is 10.3 Å². The fourth-order valence-corrected chi connectivity index (χ4v) is 2.23. The summed E-state index contributed by atoms with van der Waals surface area (Å²) >= 11 is 3.36. The molecule has 0 aliphatic rings. The number of carbonyl (C=O) groups is 1. The number of amides is 1. The molecule has 0 saturated carbocycles. The van der Waals surface area contributed by atoms with Gasteiger partial charge in [-0.15, -0.1) is 0 Å². The maximum Gasteiger partial charge on any atom is 0.413 e. The number of ether oxygens (including phenoxy) is 1. The minimum atomic E-state index is -0.633. The maximum atomic E-state index is 12.0. The molecular formula is C17H19BrN4O2. The highest BCUT2D eigenvalue weighted by Gasteiger charge is 2.13. The first-order valence-electron chi connectivity index (χ1n) is 7.19. The summed E-state index contributed by atoms with van der Waals surface area (Å²) in [4.78, 5) is 12.0. The second-order valence-electron chi connectivity index (χ2n) is 5.07. The Kier molecular flexibility index (Phi) is 6.22. The second kappa shape index (κ2) is 8.37. The van der Waals surface area contributed by atoms with E-state index in [2.05, 4.69) is 21.2 Å². The summed E-state index contributed by atoms with van der Waals surface area (Å²) in [7, 11) is 1.58.